The van der Waals surface area contributed by atoms with Crippen molar-refractivity contribution in [2.45, 2.75) is 23.8 Å². The molecular formula is C13H16ClNO2S. The molecule has 1 aliphatic heterocycles. The second kappa shape index (κ2) is 5.95. The summed E-state index contributed by atoms with van der Waals surface area (Å²) in [5.41, 5.74) is 0.531. The van der Waals surface area contributed by atoms with E-state index < -0.39 is 0 Å². The number of thioether (sulfide) groups is 1. The van der Waals surface area contributed by atoms with Gasteiger partial charge in [0.05, 0.1) is 23.2 Å². The minimum absolute atomic E-state index is 0.0194. The number of hydrogen-bond donors (Lipinski definition) is 1. The van der Waals surface area contributed by atoms with Gasteiger partial charge in [-0.15, -0.1) is 11.8 Å². The van der Waals surface area contributed by atoms with Gasteiger partial charge in [-0.2, -0.15) is 0 Å². The smallest absolute Gasteiger partial charge is 0.255 e. The topological polar surface area (TPSA) is 40.5 Å². The molecular weight excluding hydrogens is 270 g/mol. The van der Waals surface area contributed by atoms with Gasteiger partial charge in [-0.05, 0) is 37.3 Å². The molecule has 1 unspecified atom stereocenters. The normalized spacial score (nSPS) is 19.3. The number of rotatable bonds is 3. The molecule has 0 spiro atoms. The predicted octanol–water partition coefficient (Wildman–Crippen LogP) is 2.66. The summed E-state index contributed by atoms with van der Waals surface area (Å²) in [7, 11) is 0. The molecule has 1 amide bonds. The monoisotopic (exact) mass is 285 g/mol. The first kappa shape index (κ1) is 13.7. The maximum absolute atomic E-state index is 12.4. The molecule has 1 heterocycles. The van der Waals surface area contributed by atoms with E-state index in [1.54, 1.807) is 22.7 Å². The Labute approximate surface area is 116 Å². The summed E-state index contributed by atoms with van der Waals surface area (Å²) in [5.74, 6) is -0.0764. The fraction of sp³-hybridized carbons (Fsp3) is 0.462. The molecule has 98 valence electrons. The molecule has 0 saturated carbocycles. The second-order valence-electron chi connectivity index (χ2n) is 4.32. The Morgan fingerprint density at radius 1 is 1.61 bits per heavy atom. The first-order valence-corrected chi connectivity index (χ1v) is 7.53. The van der Waals surface area contributed by atoms with Crippen LogP contribution in [0.3, 0.4) is 0 Å². The van der Waals surface area contributed by atoms with Crippen LogP contribution in [0.2, 0.25) is 5.02 Å². The zero-order valence-electron chi connectivity index (χ0n) is 10.2. The minimum atomic E-state index is -0.0764. The highest BCUT2D eigenvalue weighted by molar-refractivity contribution is 7.98. The predicted molar refractivity (Wildman–Crippen MR) is 74.4 cm³/mol. The van der Waals surface area contributed by atoms with E-state index in [0.717, 1.165) is 17.7 Å². The van der Waals surface area contributed by atoms with E-state index in [2.05, 4.69) is 0 Å². The van der Waals surface area contributed by atoms with Crippen molar-refractivity contribution in [3.8, 4) is 0 Å². The van der Waals surface area contributed by atoms with Crippen molar-refractivity contribution in [2.24, 2.45) is 0 Å². The zero-order chi connectivity index (χ0) is 13.1. The molecule has 0 radical (unpaired) electrons. The van der Waals surface area contributed by atoms with Crippen LogP contribution < -0.4 is 0 Å². The summed E-state index contributed by atoms with van der Waals surface area (Å²) in [6.07, 6.45) is 3.77. The van der Waals surface area contributed by atoms with E-state index in [1.807, 2.05) is 18.4 Å². The first-order chi connectivity index (χ1) is 8.67. The van der Waals surface area contributed by atoms with E-state index in [0.29, 0.717) is 17.1 Å². The number of aliphatic hydroxyl groups is 1. The van der Waals surface area contributed by atoms with Crippen molar-refractivity contribution in [2.75, 3.05) is 19.4 Å². The Balaban J connectivity index is 2.27. The van der Waals surface area contributed by atoms with Gasteiger partial charge in [0.15, 0.2) is 0 Å². The van der Waals surface area contributed by atoms with Gasteiger partial charge in [0, 0.05) is 11.4 Å². The standard InChI is InChI=1S/C13H16ClNO2S/c1-18-10-4-5-12(14)11(7-10)13(17)15-6-2-3-9(15)8-16/h4-5,7,9,16H,2-3,6,8H2,1H3. The number of hydrogen-bond acceptors (Lipinski definition) is 3. The van der Waals surface area contributed by atoms with Crippen LogP contribution in [0.15, 0.2) is 23.1 Å². The fourth-order valence-corrected chi connectivity index (χ4v) is 2.88. The number of nitrogens with zero attached hydrogens (tertiary/aromatic N) is 1. The Hall–Kier alpha value is -0.710. The molecule has 1 aromatic carbocycles. The van der Waals surface area contributed by atoms with Gasteiger partial charge in [0.2, 0.25) is 0 Å². The van der Waals surface area contributed by atoms with E-state index in [1.165, 1.54) is 0 Å². The third kappa shape index (κ3) is 2.66. The van der Waals surface area contributed by atoms with Crippen LogP contribution in [0.4, 0.5) is 0 Å². The lowest BCUT2D eigenvalue weighted by Gasteiger charge is -2.23. The van der Waals surface area contributed by atoms with Gasteiger partial charge in [-0.1, -0.05) is 11.6 Å². The average Bonchev–Trinajstić information content (AvgIpc) is 2.86. The lowest BCUT2D eigenvalue weighted by molar-refractivity contribution is 0.0677. The molecule has 1 aromatic rings. The summed E-state index contributed by atoms with van der Waals surface area (Å²) in [6.45, 7) is 0.718. The number of aliphatic hydroxyl groups excluding tert-OH is 1. The van der Waals surface area contributed by atoms with Crippen molar-refractivity contribution in [1.82, 2.24) is 4.90 Å². The molecule has 1 aliphatic rings. The van der Waals surface area contributed by atoms with Crippen LogP contribution in [-0.2, 0) is 0 Å². The third-order valence-corrected chi connectivity index (χ3v) is 4.31. The molecule has 3 nitrogen and oxygen atoms in total. The summed E-state index contributed by atoms with van der Waals surface area (Å²) in [4.78, 5) is 15.2. The molecule has 1 N–H and O–H groups in total. The van der Waals surface area contributed by atoms with Crippen LogP contribution in [0.1, 0.15) is 23.2 Å². The summed E-state index contributed by atoms with van der Waals surface area (Å²) >= 11 is 7.68. The fourth-order valence-electron chi connectivity index (χ4n) is 2.24. The summed E-state index contributed by atoms with van der Waals surface area (Å²) in [6, 6.07) is 5.41. The molecule has 5 heteroatoms. The van der Waals surface area contributed by atoms with E-state index in [-0.39, 0.29) is 18.6 Å². The van der Waals surface area contributed by atoms with Crippen LogP contribution in [-0.4, -0.2) is 41.4 Å². The molecule has 0 aromatic heterocycles. The van der Waals surface area contributed by atoms with Crippen molar-refractivity contribution in [1.29, 1.82) is 0 Å². The number of amides is 1. The van der Waals surface area contributed by atoms with Gasteiger partial charge in [0.25, 0.3) is 5.91 Å². The highest BCUT2D eigenvalue weighted by Gasteiger charge is 2.29. The number of halogens is 1. The zero-order valence-corrected chi connectivity index (χ0v) is 11.8. The quantitative estimate of drug-likeness (QED) is 0.868. The second-order valence-corrected chi connectivity index (χ2v) is 5.61. The maximum atomic E-state index is 12.4. The molecule has 0 bridgehead atoms. The first-order valence-electron chi connectivity index (χ1n) is 5.92. The van der Waals surface area contributed by atoms with E-state index >= 15 is 0 Å². The number of benzene rings is 1. The van der Waals surface area contributed by atoms with Gasteiger partial charge in [0.1, 0.15) is 0 Å². The SMILES string of the molecule is CSc1ccc(Cl)c(C(=O)N2CCCC2CO)c1. The number of carbonyl (C=O) groups excluding carboxylic acids is 1. The van der Waals surface area contributed by atoms with Crippen molar-refractivity contribution in [3.05, 3.63) is 28.8 Å². The summed E-state index contributed by atoms with van der Waals surface area (Å²) < 4.78 is 0. The maximum Gasteiger partial charge on any atom is 0.255 e. The molecule has 1 fully saturated rings. The highest BCUT2D eigenvalue weighted by Crippen LogP contribution is 2.27. The molecule has 18 heavy (non-hydrogen) atoms. The molecule has 2 rings (SSSR count). The third-order valence-electron chi connectivity index (χ3n) is 3.25. The van der Waals surface area contributed by atoms with Crippen LogP contribution in [0.5, 0.6) is 0 Å². The van der Waals surface area contributed by atoms with Gasteiger partial charge in [-0.25, -0.2) is 0 Å². The molecule has 1 atom stereocenters. The largest absolute Gasteiger partial charge is 0.394 e. The average molecular weight is 286 g/mol. The van der Waals surface area contributed by atoms with Crippen LogP contribution in [0, 0.1) is 0 Å². The van der Waals surface area contributed by atoms with E-state index in [4.69, 9.17) is 11.6 Å². The van der Waals surface area contributed by atoms with Crippen LogP contribution in [0.25, 0.3) is 0 Å². The lowest BCUT2D eigenvalue weighted by atomic mass is 10.1. The molecule has 1 saturated heterocycles. The highest BCUT2D eigenvalue weighted by atomic mass is 35.5. The van der Waals surface area contributed by atoms with Gasteiger partial charge >= 0.3 is 0 Å². The minimum Gasteiger partial charge on any atom is -0.394 e. The van der Waals surface area contributed by atoms with Crippen molar-refractivity contribution >= 4 is 29.3 Å². The Bertz CT molecular complexity index is 453. The number of carbonyl (C=O) groups is 1. The van der Waals surface area contributed by atoms with E-state index in [9.17, 15) is 9.90 Å². The van der Waals surface area contributed by atoms with Gasteiger partial charge in [-0.3, -0.25) is 4.79 Å². The van der Waals surface area contributed by atoms with Crippen LogP contribution >= 0.6 is 23.4 Å². The number of likely N-dealkylation sites (tertiary alicyclic amines) is 1. The summed E-state index contributed by atoms with van der Waals surface area (Å²) in [5, 5.41) is 9.74. The van der Waals surface area contributed by atoms with Crippen molar-refractivity contribution < 1.29 is 9.90 Å². The lowest BCUT2D eigenvalue weighted by Crippen LogP contribution is -2.37. The Morgan fingerprint density at radius 2 is 2.39 bits per heavy atom. The Kier molecular flexibility index (Phi) is 4.54. The Morgan fingerprint density at radius 3 is 3.06 bits per heavy atom. The molecule has 0 aliphatic carbocycles. The van der Waals surface area contributed by atoms with Crippen molar-refractivity contribution in [3.63, 3.8) is 0 Å². The van der Waals surface area contributed by atoms with Gasteiger partial charge < -0.3 is 10.0 Å².